The maximum absolute atomic E-state index is 11.2. The SMILES string of the molecule is O=c1cc(O)nc2c(O)cccn12. The molecule has 5 heteroatoms. The van der Waals surface area contributed by atoms with E-state index in [2.05, 4.69) is 4.98 Å². The van der Waals surface area contributed by atoms with Crippen molar-refractivity contribution in [3.8, 4) is 11.6 Å². The number of rotatable bonds is 0. The molecule has 0 saturated heterocycles. The average molecular weight is 178 g/mol. The summed E-state index contributed by atoms with van der Waals surface area (Å²) in [6.45, 7) is 0. The van der Waals surface area contributed by atoms with Gasteiger partial charge >= 0.3 is 0 Å². The summed E-state index contributed by atoms with van der Waals surface area (Å²) >= 11 is 0. The van der Waals surface area contributed by atoms with Crippen LogP contribution in [-0.2, 0) is 0 Å². The van der Waals surface area contributed by atoms with Crippen molar-refractivity contribution in [2.75, 3.05) is 0 Å². The molecule has 0 aliphatic rings. The van der Waals surface area contributed by atoms with Gasteiger partial charge in [-0.15, -0.1) is 0 Å². The zero-order chi connectivity index (χ0) is 9.42. The first kappa shape index (κ1) is 7.60. The zero-order valence-corrected chi connectivity index (χ0v) is 6.51. The van der Waals surface area contributed by atoms with E-state index in [9.17, 15) is 9.90 Å². The zero-order valence-electron chi connectivity index (χ0n) is 6.51. The van der Waals surface area contributed by atoms with Crippen molar-refractivity contribution in [1.29, 1.82) is 0 Å². The summed E-state index contributed by atoms with van der Waals surface area (Å²) in [4.78, 5) is 14.8. The molecule has 0 saturated carbocycles. The average Bonchev–Trinajstić information content (AvgIpc) is 2.07. The van der Waals surface area contributed by atoms with Gasteiger partial charge in [-0.25, -0.2) is 0 Å². The Morgan fingerprint density at radius 1 is 1.38 bits per heavy atom. The fourth-order valence-corrected chi connectivity index (χ4v) is 1.10. The van der Waals surface area contributed by atoms with Crippen molar-refractivity contribution in [3.05, 3.63) is 34.7 Å². The quantitative estimate of drug-likeness (QED) is 0.600. The molecule has 0 spiro atoms. The molecule has 13 heavy (non-hydrogen) atoms. The highest BCUT2D eigenvalue weighted by Gasteiger charge is 2.03. The fourth-order valence-electron chi connectivity index (χ4n) is 1.10. The second-order valence-electron chi connectivity index (χ2n) is 2.54. The third-order valence-corrected chi connectivity index (χ3v) is 1.66. The molecular weight excluding hydrogens is 172 g/mol. The van der Waals surface area contributed by atoms with Crippen molar-refractivity contribution in [2.24, 2.45) is 0 Å². The molecule has 0 aromatic carbocycles. The molecule has 5 nitrogen and oxygen atoms in total. The van der Waals surface area contributed by atoms with Crippen LogP contribution in [0, 0.1) is 0 Å². The molecule has 0 aliphatic carbocycles. The van der Waals surface area contributed by atoms with Crippen LogP contribution in [0.25, 0.3) is 5.65 Å². The van der Waals surface area contributed by atoms with Crippen LogP contribution in [-0.4, -0.2) is 19.6 Å². The topological polar surface area (TPSA) is 74.8 Å². The predicted molar refractivity (Wildman–Crippen MR) is 44.8 cm³/mol. The molecule has 0 bridgehead atoms. The van der Waals surface area contributed by atoms with Gasteiger partial charge < -0.3 is 10.2 Å². The second kappa shape index (κ2) is 2.48. The number of fused-ring (bicyclic) bond motifs is 1. The van der Waals surface area contributed by atoms with Crippen molar-refractivity contribution >= 4 is 5.65 Å². The van der Waals surface area contributed by atoms with Crippen LogP contribution in [0.5, 0.6) is 11.6 Å². The summed E-state index contributed by atoms with van der Waals surface area (Å²) in [5.74, 6) is -0.540. The predicted octanol–water partition coefficient (Wildman–Crippen LogP) is 0.106. The molecule has 0 aliphatic heterocycles. The lowest BCUT2D eigenvalue weighted by Gasteiger charge is -2.00. The van der Waals surface area contributed by atoms with Crippen molar-refractivity contribution < 1.29 is 10.2 Å². The van der Waals surface area contributed by atoms with Crippen LogP contribution in [0.1, 0.15) is 0 Å². The van der Waals surface area contributed by atoms with Crippen molar-refractivity contribution in [1.82, 2.24) is 9.38 Å². The van der Waals surface area contributed by atoms with Crippen LogP contribution in [0.15, 0.2) is 29.2 Å². The van der Waals surface area contributed by atoms with Crippen LogP contribution in [0.4, 0.5) is 0 Å². The van der Waals surface area contributed by atoms with Gasteiger partial charge in [-0.1, -0.05) is 0 Å². The first-order chi connectivity index (χ1) is 6.18. The summed E-state index contributed by atoms with van der Waals surface area (Å²) in [7, 11) is 0. The van der Waals surface area contributed by atoms with E-state index in [4.69, 9.17) is 5.11 Å². The number of nitrogens with zero attached hydrogens (tertiary/aromatic N) is 2. The lowest BCUT2D eigenvalue weighted by Crippen LogP contribution is -2.12. The number of aromatic hydroxyl groups is 2. The Hall–Kier alpha value is -2.04. The molecule has 0 radical (unpaired) electrons. The number of pyridine rings is 1. The first-order valence-electron chi connectivity index (χ1n) is 3.59. The molecule has 66 valence electrons. The highest BCUT2D eigenvalue weighted by atomic mass is 16.3. The normalized spacial score (nSPS) is 10.5. The van der Waals surface area contributed by atoms with Gasteiger partial charge in [0.15, 0.2) is 11.4 Å². The number of aromatic nitrogens is 2. The first-order valence-corrected chi connectivity index (χ1v) is 3.59. The summed E-state index contributed by atoms with van der Waals surface area (Å²) in [5, 5.41) is 18.3. The standard InChI is InChI=1S/C8H6N2O3/c11-5-2-1-3-10-7(13)4-6(12)9-8(5)10/h1-4,11-12H. The molecule has 2 heterocycles. The lowest BCUT2D eigenvalue weighted by molar-refractivity contribution is 0.446. The third-order valence-electron chi connectivity index (χ3n) is 1.66. The summed E-state index contributed by atoms with van der Waals surface area (Å²) in [6.07, 6.45) is 1.46. The lowest BCUT2D eigenvalue weighted by atomic mass is 10.4. The molecule has 0 fully saturated rings. The van der Waals surface area contributed by atoms with E-state index in [-0.39, 0.29) is 11.4 Å². The molecule has 2 aromatic rings. The molecule has 2 rings (SSSR count). The van der Waals surface area contributed by atoms with Gasteiger partial charge in [0, 0.05) is 6.20 Å². The van der Waals surface area contributed by atoms with Gasteiger partial charge in [0.1, 0.15) is 0 Å². The van der Waals surface area contributed by atoms with Gasteiger partial charge in [-0.05, 0) is 12.1 Å². The fraction of sp³-hybridized carbons (Fsp3) is 0. The molecule has 2 aromatic heterocycles. The Morgan fingerprint density at radius 2 is 2.15 bits per heavy atom. The van der Waals surface area contributed by atoms with Gasteiger partial charge in [0.2, 0.25) is 5.88 Å². The second-order valence-corrected chi connectivity index (χ2v) is 2.54. The molecule has 0 atom stereocenters. The van der Waals surface area contributed by atoms with Crippen molar-refractivity contribution in [2.45, 2.75) is 0 Å². The van der Waals surface area contributed by atoms with Gasteiger partial charge in [-0.3, -0.25) is 9.20 Å². The van der Waals surface area contributed by atoms with Crippen LogP contribution < -0.4 is 5.56 Å². The minimum absolute atomic E-state index is 0.0486. The van der Waals surface area contributed by atoms with E-state index in [0.29, 0.717) is 0 Å². The highest BCUT2D eigenvalue weighted by Crippen LogP contribution is 2.14. The Bertz CT molecular complexity index is 518. The van der Waals surface area contributed by atoms with E-state index in [0.717, 1.165) is 10.5 Å². The van der Waals surface area contributed by atoms with Gasteiger partial charge in [-0.2, -0.15) is 4.98 Å². The Balaban J connectivity index is 3.03. The van der Waals surface area contributed by atoms with Gasteiger partial charge in [0.05, 0.1) is 6.07 Å². The van der Waals surface area contributed by atoms with Crippen LogP contribution in [0.2, 0.25) is 0 Å². The van der Waals surface area contributed by atoms with Crippen molar-refractivity contribution in [3.63, 3.8) is 0 Å². The van der Waals surface area contributed by atoms with E-state index >= 15 is 0 Å². The Kier molecular flexibility index (Phi) is 1.45. The maximum atomic E-state index is 11.2. The summed E-state index contributed by atoms with van der Waals surface area (Å²) in [6, 6.07) is 3.89. The van der Waals surface area contributed by atoms with E-state index in [1.54, 1.807) is 0 Å². The molecule has 0 unspecified atom stereocenters. The van der Waals surface area contributed by atoms with Crippen LogP contribution in [0.3, 0.4) is 0 Å². The number of hydrogen-bond acceptors (Lipinski definition) is 4. The molecule has 0 amide bonds. The van der Waals surface area contributed by atoms with Gasteiger partial charge in [0.25, 0.3) is 5.56 Å². The highest BCUT2D eigenvalue weighted by molar-refractivity contribution is 5.52. The Morgan fingerprint density at radius 3 is 2.92 bits per heavy atom. The minimum atomic E-state index is -0.432. The monoisotopic (exact) mass is 178 g/mol. The summed E-state index contributed by atoms with van der Waals surface area (Å²) < 4.78 is 1.15. The van der Waals surface area contributed by atoms with E-state index < -0.39 is 11.4 Å². The number of hydrogen-bond donors (Lipinski definition) is 2. The third kappa shape index (κ3) is 1.10. The van der Waals surface area contributed by atoms with Crippen LogP contribution >= 0.6 is 0 Å². The molecular formula is C8H6N2O3. The largest absolute Gasteiger partial charge is 0.504 e. The smallest absolute Gasteiger partial charge is 0.261 e. The van der Waals surface area contributed by atoms with E-state index in [1.165, 1.54) is 18.3 Å². The minimum Gasteiger partial charge on any atom is -0.504 e. The Labute approximate surface area is 72.5 Å². The van der Waals surface area contributed by atoms with E-state index in [1.807, 2.05) is 0 Å². The maximum Gasteiger partial charge on any atom is 0.261 e. The summed E-state index contributed by atoms with van der Waals surface area (Å²) in [5.41, 5.74) is -0.383. The molecule has 2 N–H and O–H groups in total.